The average molecular weight is 282 g/mol. The molecule has 20 heavy (non-hydrogen) atoms. The van der Waals surface area contributed by atoms with Crippen LogP contribution in [0.3, 0.4) is 0 Å². The maximum atomic E-state index is 9.32. The molecular formula is C17H34N2O. The first-order chi connectivity index (χ1) is 9.42. The Labute approximate surface area is 125 Å². The van der Waals surface area contributed by atoms with Gasteiger partial charge in [-0.25, -0.2) is 0 Å². The molecule has 2 fully saturated rings. The van der Waals surface area contributed by atoms with Gasteiger partial charge in [-0.2, -0.15) is 0 Å². The van der Waals surface area contributed by atoms with Gasteiger partial charge < -0.3 is 15.3 Å². The number of aliphatic hydroxyl groups excluding tert-OH is 1. The second kappa shape index (κ2) is 6.76. The van der Waals surface area contributed by atoms with Gasteiger partial charge in [0.2, 0.25) is 0 Å². The number of likely N-dealkylation sites (tertiary alicyclic amines) is 1. The number of hydrogen-bond donors (Lipinski definition) is 2. The van der Waals surface area contributed by atoms with E-state index in [2.05, 4.69) is 31.0 Å². The number of rotatable bonds is 5. The molecule has 1 heterocycles. The standard InChI is InChI=1S/C17H34N2O/c1-16(2,3)18-13-17(8-5-4-6-9-17)14-19-10-7-15(11-19)12-20/h15,18,20H,4-14H2,1-3H3. The minimum absolute atomic E-state index is 0.211. The highest BCUT2D eigenvalue weighted by atomic mass is 16.3. The van der Waals surface area contributed by atoms with E-state index in [1.54, 1.807) is 0 Å². The highest BCUT2D eigenvalue weighted by molar-refractivity contribution is 4.91. The lowest BCUT2D eigenvalue weighted by Gasteiger charge is -2.42. The van der Waals surface area contributed by atoms with Crippen LogP contribution in [0.2, 0.25) is 0 Å². The maximum Gasteiger partial charge on any atom is 0.0471 e. The van der Waals surface area contributed by atoms with Crippen molar-refractivity contribution in [3.05, 3.63) is 0 Å². The van der Waals surface area contributed by atoms with E-state index in [0.717, 1.165) is 13.1 Å². The zero-order chi connectivity index (χ0) is 14.6. The van der Waals surface area contributed by atoms with Crippen molar-refractivity contribution in [2.75, 3.05) is 32.8 Å². The van der Waals surface area contributed by atoms with Gasteiger partial charge >= 0.3 is 0 Å². The summed E-state index contributed by atoms with van der Waals surface area (Å²) in [5.74, 6) is 0.520. The molecule has 0 amide bonds. The number of hydrogen-bond acceptors (Lipinski definition) is 3. The predicted octanol–water partition coefficient (Wildman–Crippen LogP) is 2.64. The number of nitrogens with zero attached hydrogens (tertiary/aromatic N) is 1. The largest absolute Gasteiger partial charge is 0.396 e. The minimum atomic E-state index is 0.211. The lowest BCUT2D eigenvalue weighted by molar-refractivity contribution is 0.103. The van der Waals surface area contributed by atoms with Crippen LogP contribution in [0, 0.1) is 11.3 Å². The van der Waals surface area contributed by atoms with E-state index in [1.165, 1.54) is 51.6 Å². The van der Waals surface area contributed by atoms with Gasteiger partial charge in [-0.3, -0.25) is 0 Å². The van der Waals surface area contributed by atoms with Crippen LogP contribution in [-0.4, -0.2) is 48.3 Å². The molecule has 2 aliphatic rings. The van der Waals surface area contributed by atoms with Gasteiger partial charge in [-0.1, -0.05) is 19.3 Å². The molecule has 118 valence electrons. The minimum Gasteiger partial charge on any atom is -0.396 e. The monoisotopic (exact) mass is 282 g/mol. The fraction of sp³-hybridized carbons (Fsp3) is 1.00. The summed E-state index contributed by atoms with van der Waals surface area (Å²) >= 11 is 0. The van der Waals surface area contributed by atoms with Crippen molar-refractivity contribution in [1.82, 2.24) is 10.2 Å². The second-order valence-corrected chi connectivity index (χ2v) is 8.24. The summed E-state index contributed by atoms with van der Waals surface area (Å²) in [6.45, 7) is 11.8. The van der Waals surface area contributed by atoms with E-state index in [0.29, 0.717) is 17.9 Å². The fourth-order valence-corrected chi connectivity index (χ4v) is 3.83. The Morgan fingerprint density at radius 3 is 2.45 bits per heavy atom. The Balaban J connectivity index is 1.92. The Hall–Kier alpha value is -0.120. The molecule has 0 aromatic carbocycles. The summed E-state index contributed by atoms with van der Waals surface area (Å²) in [5.41, 5.74) is 0.680. The van der Waals surface area contributed by atoms with Gasteiger partial charge in [-0.05, 0) is 57.9 Å². The summed E-state index contributed by atoms with van der Waals surface area (Å²) < 4.78 is 0. The van der Waals surface area contributed by atoms with Crippen LogP contribution in [-0.2, 0) is 0 Å². The smallest absolute Gasteiger partial charge is 0.0471 e. The highest BCUT2D eigenvalue weighted by Crippen LogP contribution is 2.38. The molecule has 3 heteroatoms. The zero-order valence-electron chi connectivity index (χ0n) is 13.7. The van der Waals surface area contributed by atoms with E-state index >= 15 is 0 Å². The van der Waals surface area contributed by atoms with E-state index < -0.39 is 0 Å². The number of aliphatic hydroxyl groups is 1. The topological polar surface area (TPSA) is 35.5 Å². The van der Waals surface area contributed by atoms with Crippen LogP contribution in [0.1, 0.15) is 59.3 Å². The molecule has 1 unspecified atom stereocenters. The van der Waals surface area contributed by atoms with Crippen molar-refractivity contribution in [1.29, 1.82) is 0 Å². The van der Waals surface area contributed by atoms with Gasteiger partial charge in [0.05, 0.1) is 0 Å². The fourth-order valence-electron chi connectivity index (χ4n) is 3.83. The van der Waals surface area contributed by atoms with Crippen LogP contribution in [0.5, 0.6) is 0 Å². The van der Waals surface area contributed by atoms with Gasteiger partial charge in [0.15, 0.2) is 0 Å². The van der Waals surface area contributed by atoms with E-state index in [1.807, 2.05) is 0 Å². The van der Waals surface area contributed by atoms with Crippen molar-refractivity contribution in [3.63, 3.8) is 0 Å². The van der Waals surface area contributed by atoms with Crippen LogP contribution >= 0.6 is 0 Å². The molecule has 2 N–H and O–H groups in total. The lowest BCUT2D eigenvalue weighted by atomic mass is 9.73. The predicted molar refractivity (Wildman–Crippen MR) is 84.9 cm³/mol. The van der Waals surface area contributed by atoms with Crippen molar-refractivity contribution in [2.45, 2.75) is 64.8 Å². The molecule has 0 radical (unpaired) electrons. The third kappa shape index (κ3) is 4.71. The molecule has 1 aliphatic heterocycles. The summed E-state index contributed by atoms with van der Waals surface area (Å²) in [7, 11) is 0. The summed E-state index contributed by atoms with van der Waals surface area (Å²) in [4.78, 5) is 2.61. The molecule has 3 nitrogen and oxygen atoms in total. The summed E-state index contributed by atoms with van der Waals surface area (Å²) in [6.07, 6.45) is 8.12. The van der Waals surface area contributed by atoms with E-state index in [9.17, 15) is 5.11 Å². The normalized spacial score (nSPS) is 27.9. The average Bonchev–Trinajstić information content (AvgIpc) is 2.84. The SMILES string of the molecule is CC(C)(C)NCC1(CN2CCC(CO)C2)CCCCC1. The molecule has 0 spiro atoms. The quantitative estimate of drug-likeness (QED) is 0.814. The molecule has 2 rings (SSSR count). The Morgan fingerprint density at radius 1 is 1.20 bits per heavy atom. The molecule has 1 saturated carbocycles. The first-order valence-electron chi connectivity index (χ1n) is 8.51. The third-order valence-electron chi connectivity index (χ3n) is 5.10. The van der Waals surface area contributed by atoms with Crippen LogP contribution in [0.25, 0.3) is 0 Å². The zero-order valence-corrected chi connectivity index (χ0v) is 13.7. The highest BCUT2D eigenvalue weighted by Gasteiger charge is 2.36. The van der Waals surface area contributed by atoms with Crippen molar-refractivity contribution in [3.8, 4) is 0 Å². The van der Waals surface area contributed by atoms with Gasteiger partial charge in [0, 0.05) is 31.8 Å². The molecule has 0 aromatic heterocycles. The van der Waals surface area contributed by atoms with Crippen molar-refractivity contribution >= 4 is 0 Å². The summed E-state index contributed by atoms with van der Waals surface area (Å²) in [6, 6.07) is 0. The van der Waals surface area contributed by atoms with Crippen molar-refractivity contribution < 1.29 is 5.11 Å². The Kier molecular flexibility index (Phi) is 5.49. The maximum absolute atomic E-state index is 9.32. The van der Waals surface area contributed by atoms with Gasteiger partial charge in [0.1, 0.15) is 0 Å². The molecule has 1 aliphatic carbocycles. The Bertz CT molecular complexity index is 292. The Morgan fingerprint density at radius 2 is 1.90 bits per heavy atom. The second-order valence-electron chi connectivity index (χ2n) is 8.24. The first-order valence-corrected chi connectivity index (χ1v) is 8.51. The lowest BCUT2D eigenvalue weighted by Crippen LogP contribution is -2.49. The van der Waals surface area contributed by atoms with E-state index in [-0.39, 0.29) is 5.54 Å². The molecule has 0 bridgehead atoms. The molecule has 1 atom stereocenters. The molecule has 0 aromatic rings. The van der Waals surface area contributed by atoms with Gasteiger partial charge in [-0.15, -0.1) is 0 Å². The summed E-state index contributed by atoms with van der Waals surface area (Å²) in [5, 5.41) is 13.1. The first kappa shape index (κ1) is 16.3. The van der Waals surface area contributed by atoms with Crippen molar-refractivity contribution in [2.24, 2.45) is 11.3 Å². The third-order valence-corrected chi connectivity index (χ3v) is 5.10. The van der Waals surface area contributed by atoms with Crippen LogP contribution in [0.15, 0.2) is 0 Å². The van der Waals surface area contributed by atoms with E-state index in [4.69, 9.17) is 0 Å². The van der Waals surface area contributed by atoms with Gasteiger partial charge in [0.25, 0.3) is 0 Å². The molecule has 1 saturated heterocycles. The van der Waals surface area contributed by atoms with Crippen LogP contribution < -0.4 is 5.32 Å². The van der Waals surface area contributed by atoms with Crippen LogP contribution in [0.4, 0.5) is 0 Å². The number of nitrogens with one attached hydrogen (secondary N) is 1. The molecular weight excluding hydrogens is 248 g/mol.